The van der Waals surface area contributed by atoms with Crippen molar-refractivity contribution in [2.75, 3.05) is 18.2 Å². The number of aryl methyl sites for hydroxylation is 1. The summed E-state index contributed by atoms with van der Waals surface area (Å²) in [5, 5.41) is 14.7. The first-order valence-corrected chi connectivity index (χ1v) is 26.5. The van der Waals surface area contributed by atoms with Crippen LogP contribution in [0.25, 0.3) is 11.2 Å². The molecule has 1 aliphatic rings. The van der Waals surface area contributed by atoms with E-state index in [1.807, 2.05) is 88.4 Å². The lowest BCUT2D eigenvalue weighted by Crippen LogP contribution is -2.69. The molecule has 0 saturated carbocycles. The highest BCUT2D eigenvalue weighted by Gasteiger charge is 2.58. The summed E-state index contributed by atoms with van der Waals surface area (Å²) >= 11 is 0. The van der Waals surface area contributed by atoms with Crippen molar-refractivity contribution in [3.63, 3.8) is 0 Å². The van der Waals surface area contributed by atoms with E-state index in [0.717, 1.165) is 27.8 Å². The summed E-state index contributed by atoms with van der Waals surface area (Å²) in [5.41, 5.74) is -0.0523. The van der Waals surface area contributed by atoms with Crippen molar-refractivity contribution in [2.45, 2.75) is 88.2 Å². The van der Waals surface area contributed by atoms with Crippen LogP contribution in [0.15, 0.2) is 120 Å². The molecule has 1 N–H and O–H groups in total. The number of nitrogens with one attached hydrogen (secondary N) is 1. The summed E-state index contributed by atoms with van der Waals surface area (Å²) in [6.45, 7) is 11.3. The summed E-state index contributed by atoms with van der Waals surface area (Å²) < 4.78 is 84.6. The van der Waals surface area contributed by atoms with Gasteiger partial charge in [0.2, 0.25) is 27.6 Å². The minimum absolute atomic E-state index is 0.00644. The highest BCUT2D eigenvalue weighted by molar-refractivity contribution is 7.92. The second-order valence-electron chi connectivity index (χ2n) is 17.5. The van der Waals surface area contributed by atoms with Crippen molar-refractivity contribution in [3.8, 4) is 5.88 Å². The van der Waals surface area contributed by atoms with Crippen LogP contribution in [0.1, 0.15) is 58.4 Å². The summed E-state index contributed by atoms with van der Waals surface area (Å²) in [4.78, 5) is 37.2. The van der Waals surface area contributed by atoms with E-state index in [9.17, 15) is 23.3 Å². The third-order valence-electron chi connectivity index (χ3n) is 11.3. The summed E-state index contributed by atoms with van der Waals surface area (Å²) in [6.07, 6.45) is -1.73. The SMILES string of the molecule is Cc1ccc(S(=O)(=O)C(O[Si](c2ccccc2)(c2ccccc2)C(C)(C)C)[C@H]2O[C@@H](n3cnc4c(OCCc5ccc([N+](=O)[O-])cc5)nc(NC(=O)C(C)C)nc43)C[C@@H]2OS(C)(=O)=O)cc1. The molecule has 1 unspecified atom stereocenters. The average molecular weight is 957 g/mol. The summed E-state index contributed by atoms with van der Waals surface area (Å²) in [5.74, 6) is -0.966. The van der Waals surface area contributed by atoms with Gasteiger partial charge >= 0.3 is 0 Å². The Morgan fingerprint density at radius 2 is 1.53 bits per heavy atom. The quantitative estimate of drug-likeness (QED) is 0.0461. The van der Waals surface area contributed by atoms with Crippen molar-refractivity contribution < 1.29 is 44.6 Å². The van der Waals surface area contributed by atoms with Crippen molar-refractivity contribution in [1.29, 1.82) is 0 Å². The predicted octanol–water partition coefficient (Wildman–Crippen LogP) is 6.27. The van der Waals surface area contributed by atoms with Crippen molar-refractivity contribution in [2.24, 2.45) is 5.92 Å². The lowest BCUT2D eigenvalue weighted by molar-refractivity contribution is -0.384. The van der Waals surface area contributed by atoms with Crippen LogP contribution in [0.5, 0.6) is 5.88 Å². The number of nitro groups is 1. The Kier molecular flexibility index (Phi) is 13.9. The maximum atomic E-state index is 15.4. The molecule has 4 aromatic carbocycles. The second kappa shape index (κ2) is 19.1. The zero-order valence-corrected chi connectivity index (χ0v) is 40.2. The number of benzene rings is 4. The Bertz CT molecular complexity index is 2880. The Morgan fingerprint density at radius 3 is 2.08 bits per heavy atom. The average Bonchev–Trinajstić information content (AvgIpc) is 3.87. The fourth-order valence-corrected chi connectivity index (χ4v) is 15.4. The number of ether oxygens (including phenoxy) is 2. The zero-order valence-electron chi connectivity index (χ0n) is 37.5. The summed E-state index contributed by atoms with van der Waals surface area (Å²) in [6, 6.07) is 31.2. The maximum Gasteiger partial charge on any atom is 0.269 e. The molecule has 1 saturated heterocycles. The minimum Gasteiger partial charge on any atom is -0.476 e. The lowest BCUT2D eigenvalue weighted by atomic mass is 10.1. The molecule has 1 aliphatic heterocycles. The molecule has 0 radical (unpaired) electrons. The second-order valence-corrected chi connectivity index (χ2v) is 25.4. The fourth-order valence-electron chi connectivity index (χ4n) is 7.99. The number of hydrogen-bond acceptors (Lipinski definition) is 14. The number of anilines is 1. The molecule has 3 heterocycles. The van der Waals surface area contributed by atoms with Gasteiger partial charge in [-0.3, -0.25) is 29.0 Å². The van der Waals surface area contributed by atoms with E-state index >= 15 is 8.42 Å². The fraction of sp³-hybridized carbons (Fsp3) is 0.348. The molecule has 0 spiro atoms. The van der Waals surface area contributed by atoms with Crippen LogP contribution < -0.4 is 20.4 Å². The number of non-ortho nitro benzene ring substituents is 1. The molecule has 4 atom stereocenters. The van der Waals surface area contributed by atoms with Crippen molar-refractivity contribution >= 4 is 67.4 Å². The zero-order chi connectivity index (χ0) is 47.6. The number of nitro benzene ring substituents is 1. The van der Waals surface area contributed by atoms with E-state index in [4.69, 9.17) is 18.1 Å². The summed E-state index contributed by atoms with van der Waals surface area (Å²) in [7, 11) is -12.5. The molecule has 2 aromatic heterocycles. The van der Waals surface area contributed by atoms with Gasteiger partial charge in [-0.1, -0.05) is 125 Å². The number of rotatable bonds is 17. The van der Waals surface area contributed by atoms with E-state index in [0.29, 0.717) is 6.42 Å². The number of carbonyl (C=O) groups excluding carboxylic acids is 1. The van der Waals surface area contributed by atoms with E-state index in [1.54, 1.807) is 38.1 Å². The van der Waals surface area contributed by atoms with Crippen LogP contribution in [0.2, 0.25) is 5.04 Å². The van der Waals surface area contributed by atoms with Gasteiger partial charge in [0, 0.05) is 30.9 Å². The smallest absolute Gasteiger partial charge is 0.269 e. The van der Waals surface area contributed by atoms with Crippen LogP contribution >= 0.6 is 0 Å². The Morgan fingerprint density at radius 1 is 0.924 bits per heavy atom. The monoisotopic (exact) mass is 956 g/mol. The van der Waals surface area contributed by atoms with Crippen molar-refractivity contribution in [3.05, 3.63) is 137 Å². The molecule has 7 rings (SSSR count). The topological polar surface area (TPSA) is 221 Å². The molecule has 0 bridgehead atoms. The molecule has 20 heteroatoms. The van der Waals surface area contributed by atoms with E-state index in [1.165, 1.54) is 35.2 Å². The van der Waals surface area contributed by atoms with Gasteiger partial charge in [0.15, 0.2) is 16.6 Å². The van der Waals surface area contributed by atoms with Gasteiger partial charge in [-0.05, 0) is 40.0 Å². The largest absolute Gasteiger partial charge is 0.476 e. The number of fused-ring (bicyclic) bond motifs is 1. The molecular formula is C46H52N6O11S2Si. The molecule has 348 valence electrons. The first-order valence-electron chi connectivity index (χ1n) is 21.2. The lowest BCUT2D eigenvalue weighted by Gasteiger charge is -2.46. The van der Waals surface area contributed by atoms with Gasteiger partial charge in [-0.2, -0.15) is 18.4 Å². The molecule has 66 heavy (non-hydrogen) atoms. The van der Waals surface area contributed by atoms with E-state index in [2.05, 4.69) is 20.3 Å². The van der Waals surface area contributed by atoms with Gasteiger partial charge in [-0.15, -0.1) is 0 Å². The van der Waals surface area contributed by atoms with Crippen LogP contribution in [-0.2, 0) is 44.5 Å². The first-order chi connectivity index (χ1) is 31.2. The number of nitrogens with zero attached hydrogens (tertiary/aromatic N) is 5. The Labute approximate surface area is 384 Å². The maximum absolute atomic E-state index is 15.4. The highest BCUT2D eigenvalue weighted by Crippen LogP contribution is 2.44. The predicted molar refractivity (Wildman–Crippen MR) is 250 cm³/mol. The van der Waals surface area contributed by atoms with Crippen molar-refractivity contribution in [1.82, 2.24) is 19.5 Å². The number of sulfone groups is 1. The third-order valence-corrected chi connectivity index (χ3v) is 19.0. The number of hydrogen-bond donors (Lipinski definition) is 1. The Hall–Kier alpha value is -5.90. The van der Waals surface area contributed by atoms with Crippen LogP contribution in [0.4, 0.5) is 11.6 Å². The van der Waals surface area contributed by atoms with Gasteiger partial charge in [0.1, 0.15) is 18.4 Å². The number of carbonyl (C=O) groups is 1. The molecule has 17 nitrogen and oxygen atoms in total. The highest BCUT2D eigenvalue weighted by atomic mass is 32.2. The first kappa shape index (κ1) is 48.0. The molecule has 6 aromatic rings. The molecule has 1 amide bonds. The molecule has 0 aliphatic carbocycles. The normalized spacial score (nSPS) is 17.5. The standard InChI is InChI=1S/C46H52N6O11S2Si/c1-30(2)42(53)49-45-48-41-39(43(50-45)60-27-26-32-20-22-33(23-21-32)52(54)55)47-29-51(41)38-28-37(62-64(7,56)57)40(61-38)44(65(58,59)34-24-18-31(3)19-25-34)63-66(46(4,5)6,35-14-10-8-11-15-35)36-16-12-9-13-17-36/h8-25,29-30,37-38,40,44H,26-28H2,1-7H3,(H,48,49,50,53)/t37-,38+,40-,44?/m0/s1. The third kappa shape index (κ3) is 10.2. The van der Waals surface area contributed by atoms with E-state index < -0.39 is 68.0 Å². The van der Waals surface area contributed by atoms with Gasteiger partial charge in [-0.25, -0.2) is 13.4 Å². The minimum atomic E-state index is -4.55. The number of amides is 1. The van der Waals surface area contributed by atoms with Crippen LogP contribution in [-0.4, -0.2) is 86.0 Å². The molecular weight excluding hydrogens is 905 g/mol. The van der Waals surface area contributed by atoms with Gasteiger partial charge in [0.05, 0.1) is 29.0 Å². The Balaban J connectivity index is 1.35. The van der Waals surface area contributed by atoms with Gasteiger partial charge in [0.25, 0.3) is 24.1 Å². The molecule has 1 fully saturated rings. The van der Waals surface area contributed by atoms with Gasteiger partial charge < -0.3 is 13.9 Å². The van der Waals surface area contributed by atoms with E-state index in [-0.39, 0.29) is 52.5 Å². The van der Waals surface area contributed by atoms with Crippen LogP contribution in [0.3, 0.4) is 0 Å². The van der Waals surface area contributed by atoms with Crippen LogP contribution in [0, 0.1) is 23.0 Å². The number of aromatic nitrogens is 4. The number of imidazole rings is 1.